The van der Waals surface area contributed by atoms with E-state index in [-0.39, 0.29) is 5.91 Å². The Bertz CT molecular complexity index is 686. The fraction of sp³-hybridized carbons (Fsp3) is 0.474. The lowest BCUT2D eigenvalue weighted by atomic mass is 10.1. The molecule has 0 saturated carbocycles. The Labute approximate surface area is 143 Å². The zero-order valence-electron chi connectivity index (χ0n) is 14.6. The van der Waals surface area contributed by atoms with Gasteiger partial charge in [-0.15, -0.1) is 0 Å². The van der Waals surface area contributed by atoms with E-state index in [4.69, 9.17) is 0 Å². The number of hydrogen-bond acceptors (Lipinski definition) is 3. The largest absolute Gasteiger partial charge is 0.340 e. The molecule has 5 nitrogen and oxygen atoms in total. The van der Waals surface area contributed by atoms with Crippen molar-refractivity contribution in [3.8, 4) is 0 Å². The zero-order valence-corrected chi connectivity index (χ0v) is 14.6. The first-order valence-electron chi connectivity index (χ1n) is 8.66. The Morgan fingerprint density at radius 3 is 2.50 bits per heavy atom. The molecule has 0 spiro atoms. The zero-order chi connectivity index (χ0) is 16.9. The number of benzene rings is 1. The van der Waals surface area contributed by atoms with Gasteiger partial charge in [0.25, 0.3) is 0 Å². The van der Waals surface area contributed by atoms with Gasteiger partial charge in [-0.2, -0.15) is 5.10 Å². The molecule has 0 N–H and O–H groups in total. The van der Waals surface area contributed by atoms with E-state index >= 15 is 0 Å². The maximum Gasteiger partial charge on any atom is 0.224 e. The minimum absolute atomic E-state index is 0.235. The van der Waals surface area contributed by atoms with Crippen molar-refractivity contribution >= 4 is 5.91 Å². The summed E-state index contributed by atoms with van der Waals surface area (Å²) in [7, 11) is 0. The van der Waals surface area contributed by atoms with Crippen molar-refractivity contribution in [3.63, 3.8) is 0 Å². The van der Waals surface area contributed by atoms with Crippen LogP contribution in [0, 0.1) is 13.8 Å². The number of rotatable bonds is 5. The second-order valence-corrected chi connectivity index (χ2v) is 6.55. The molecule has 5 heteroatoms. The van der Waals surface area contributed by atoms with Crippen molar-refractivity contribution in [2.24, 2.45) is 0 Å². The van der Waals surface area contributed by atoms with E-state index < -0.39 is 0 Å². The number of piperazine rings is 1. The third-order valence-corrected chi connectivity index (χ3v) is 4.71. The van der Waals surface area contributed by atoms with Gasteiger partial charge in [0.05, 0.1) is 5.69 Å². The Balaban J connectivity index is 1.44. The number of aryl methyl sites for hydroxylation is 3. The SMILES string of the molecule is Cc1ccn(CCC(=O)N2CCN(Cc3ccccc3C)CC2)n1. The van der Waals surface area contributed by atoms with E-state index in [9.17, 15) is 4.79 Å². The lowest BCUT2D eigenvalue weighted by Gasteiger charge is -2.35. The standard InChI is InChI=1S/C19H26N4O/c1-16-5-3-4-6-18(16)15-21-11-13-22(14-12-21)19(24)8-10-23-9-7-17(2)20-23/h3-7,9H,8,10-15H2,1-2H3. The van der Waals surface area contributed by atoms with Crippen LogP contribution in [0.15, 0.2) is 36.5 Å². The van der Waals surface area contributed by atoms with Gasteiger partial charge in [-0.25, -0.2) is 0 Å². The van der Waals surface area contributed by atoms with Gasteiger partial charge in [0.1, 0.15) is 0 Å². The summed E-state index contributed by atoms with van der Waals surface area (Å²) in [6.07, 6.45) is 2.46. The van der Waals surface area contributed by atoms with Crippen LogP contribution in [0.5, 0.6) is 0 Å². The third-order valence-electron chi connectivity index (χ3n) is 4.71. The molecular weight excluding hydrogens is 300 g/mol. The molecule has 1 aliphatic rings. The minimum Gasteiger partial charge on any atom is -0.340 e. The van der Waals surface area contributed by atoms with Crippen LogP contribution in [0.2, 0.25) is 0 Å². The molecule has 0 atom stereocenters. The molecular formula is C19H26N4O. The summed E-state index contributed by atoms with van der Waals surface area (Å²) >= 11 is 0. The number of aromatic nitrogens is 2. The highest BCUT2D eigenvalue weighted by molar-refractivity contribution is 5.76. The summed E-state index contributed by atoms with van der Waals surface area (Å²) in [5.74, 6) is 0.235. The summed E-state index contributed by atoms with van der Waals surface area (Å²) < 4.78 is 1.85. The second kappa shape index (κ2) is 7.62. The van der Waals surface area contributed by atoms with E-state index in [1.807, 2.05) is 28.8 Å². The highest BCUT2D eigenvalue weighted by Gasteiger charge is 2.21. The van der Waals surface area contributed by atoms with Crippen molar-refractivity contribution in [2.75, 3.05) is 26.2 Å². The molecule has 0 unspecified atom stereocenters. The maximum absolute atomic E-state index is 12.4. The summed E-state index contributed by atoms with van der Waals surface area (Å²) in [5.41, 5.74) is 3.71. The first-order chi connectivity index (χ1) is 11.6. The van der Waals surface area contributed by atoms with Gasteiger partial charge in [0.2, 0.25) is 5.91 Å². The second-order valence-electron chi connectivity index (χ2n) is 6.55. The Morgan fingerprint density at radius 2 is 1.83 bits per heavy atom. The molecule has 24 heavy (non-hydrogen) atoms. The van der Waals surface area contributed by atoms with Crippen molar-refractivity contribution in [1.29, 1.82) is 0 Å². The predicted molar refractivity (Wildman–Crippen MR) is 94.6 cm³/mol. The molecule has 1 fully saturated rings. The van der Waals surface area contributed by atoms with Crippen molar-refractivity contribution in [2.45, 2.75) is 33.4 Å². The van der Waals surface area contributed by atoms with E-state index in [0.29, 0.717) is 13.0 Å². The Morgan fingerprint density at radius 1 is 1.08 bits per heavy atom. The third kappa shape index (κ3) is 4.23. The van der Waals surface area contributed by atoms with Crippen molar-refractivity contribution < 1.29 is 4.79 Å². The van der Waals surface area contributed by atoms with Crippen LogP contribution < -0.4 is 0 Å². The van der Waals surface area contributed by atoms with Crippen LogP contribution >= 0.6 is 0 Å². The fourth-order valence-corrected chi connectivity index (χ4v) is 3.14. The van der Waals surface area contributed by atoms with E-state index in [0.717, 1.165) is 38.4 Å². The number of nitrogens with zero attached hydrogens (tertiary/aromatic N) is 4. The monoisotopic (exact) mass is 326 g/mol. The molecule has 1 aromatic carbocycles. The molecule has 1 amide bonds. The number of amides is 1. The van der Waals surface area contributed by atoms with Crippen LogP contribution in [-0.2, 0) is 17.9 Å². The highest BCUT2D eigenvalue weighted by Crippen LogP contribution is 2.13. The average molecular weight is 326 g/mol. The summed E-state index contributed by atoms with van der Waals surface area (Å²) in [5, 5.41) is 4.33. The Hall–Kier alpha value is -2.14. The van der Waals surface area contributed by atoms with Gasteiger partial charge >= 0.3 is 0 Å². The molecule has 3 rings (SSSR count). The van der Waals surface area contributed by atoms with Gasteiger partial charge in [0, 0.05) is 51.9 Å². The van der Waals surface area contributed by atoms with Crippen LogP contribution in [0.4, 0.5) is 0 Å². The van der Waals surface area contributed by atoms with Gasteiger partial charge in [-0.05, 0) is 31.0 Å². The fourth-order valence-electron chi connectivity index (χ4n) is 3.14. The minimum atomic E-state index is 0.235. The van der Waals surface area contributed by atoms with Gasteiger partial charge in [-0.3, -0.25) is 14.4 Å². The van der Waals surface area contributed by atoms with Crippen LogP contribution in [-0.4, -0.2) is 51.7 Å². The molecule has 1 aliphatic heterocycles. The van der Waals surface area contributed by atoms with Crippen molar-refractivity contribution in [1.82, 2.24) is 19.6 Å². The molecule has 0 aliphatic carbocycles. The van der Waals surface area contributed by atoms with Crippen LogP contribution in [0.1, 0.15) is 23.2 Å². The normalized spacial score (nSPS) is 15.7. The molecule has 128 valence electrons. The first-order valence-corrected chi connectivity index (χ1v) is 8.66. The topological polar surface area (TPSA) is 41.4 Å². The number of carbonyl (C=O) groups is 1. The van der Waals surface area contributed by atoms with E-state index in [1.54, 1.807) is 0 Å². The Kier molecular flexibility index (Phi) is 5.30. The van der Waals surface area contributed by atoms with Crippen molar-refractivity contribution in [3.05, 3.63) is 53.3 Å². The maximum atomic E-state index is 12.4. The van der Waals surface area contributed by atoms with E-state index in [2.05, 4.69) is 41.2 Å². The lowest BCUT2D eigenvalue weighted by Crippen LogP contribution is -2.48. The van der Waals surface area contributed by atoms with Gasteiger partial charge in [0.15, 0.2) is 0 Å². The molecule has 2 heterocycles. The summed E-state index contributed by atoms with van der Waals surface area (Å²) in [6, 6.07) is 10.5. The first kappa shape index (κ1) is 16.7. The predicted octanol–water partition coefficient (Wildman–Crippen LogP) is 2.23. The molecule has 2 aromatic rings. The molecule has 0 bridgehead atoms. The van der Waals surface area contributed by atoms with Gasteiger partial charge in [-0.1, -0.05) is 24.3 Å². The van der Waals surface area contributed by atoms with Crippen LogP contribution in [0.25, 0.3) is 0 Å². The summed E-state index contributed by atoms with van der Waals surface area (Å²) in [6.45, 7) is 9.29. The van der Waals surface area contributed by atoms with Gasteiger partial charge < -0.3 is 4.90 Å². The number of hydrogen-bond donors (Lipinski definition) is 0. The average Bonchev–Trinajstić information content (AvgIpc) is 3.01. The smallest absolute Gasteiger partial charge is 0.224 e. The molecule has 1 saturated heterocycles. The summed E-state index contributed by atoms with van der Waals surface area (Å²) in [4.78, 5) is 16.8. The van der Waals surface area contributed by atoms with E-state index in [1.165, 1.54) is 11.1 Å². The molecule has 1 aromatic heterocycles. The quantitative estimate of drug-likeness (QED) is 0.846. The number of carbonyl (C=O) groups excluding carboxylic acids is 1. The highest BCUT2D eigenvalue weighted by atomic mass is 16.2. The lowest BCUT2D eigenvalue weighted by molar-refractivity contribution is -0.133. The van der Waals surface area contributed by atoms with Crippen LogP contribution in [0.3, 0.4) is 0 Å². The molecule has 0 radical (unpaired) electrons.